The Balaban J connectivity index is 2.22. The summed E-state index contributed by atoms with van der Waals surface area (Å²) in [4.78, 5) is 27.0. The van der Waals surface area contributed by atoms with E-state index in [2.05, 4.69) is 10.3 Å². The van der Waals surface area contributed by atoms with Crippen LogP contribution in [0.4, 0.5) is 9.59 Å². The van der Waals surface area contributed by atoms with Crippen molar-refractivity contribution in [2.24, 2.45) is 5.73 Å². The molecule has 0 aliphatic carbocycles. The summed E-state index contributed by atoms with van der Waals surface area (Å²) in [5.41, 5.74) is 6.28. The fraction of sp³-hybridized carbons (Fsp3) is 0.421. The van der Waals surface area contributed by atoms with E-state index in [1.165, 1.54) is 6.20 Å². The number of nitrogens with one attached hydrogen (secondary N) is 1. The van der Waals surface area contributed by atoms with Gasteiger partial charge in [0.25, 0.3) is 0 Å². The molecule has 0 spiro atoms. The number of nitrogens with two attached hydrogens (primary N) is 1. The molecular weight excluding hydrogens is 350 g/mol. The molecule has 146 valence electrons. The van der Waals surface area contributed by atoms with Crippen LogP contribution >= 0.6 is 0 Å². The van der Waals surface area contributed by atoms with Crippen molar-refractivity contribution in [3.05, 3.63) is 35.5 Å². The lowest BCUT2D eigenvalue weighted by Gasteiger charge is -2.20. The number of nitrogens with zero attached hydrogens (tertiary/aromatic N) is 1. The Kier molecular flexibility index (Phi) is 6.09. The quantitative estimate of drug-likeness (QED) is 0.737. The van der Waals surface area contributed by atoms with Crippen molar-refractivity contribution in [2.45, 2.75) is 45.8 Å². The Morgan fingerprint density at radius 1 is 1.33 bits per heavy atom. The number of hydrogen-bond acceptors (Lipinski definition) is 6. The molecule has 8 heteroatoms. The molecule has 8 nitrogen and oxygen atoms in total. The molecular formula is C19H25N3O5. The minimum atomic E-state index is -0.839. The van der Waals surface area contributed by atoms with E-state index in [-0.39, 0.29) is 24.8 Å². The maximum absolute atomic E-state index is 11.8. The Bertz CT molecular complexity index is 845. The van der Waals surface area contributed by atoms with Gasteiger partial charge < -0.3 is 25.6 Å². The van der Waals surface area contributed by atoms with Crippen LogP contribution in [0.15, 0.2) is 24.4 Å². The van der Waals surface area contributed by atoms with E-state index >= 15 is 0 Å². The number of ether oxygens (including phenoxy) is 2. The van der Waals surface area contributed by atoms with Gasteiger partial charge in [0.1, 0.15) is 11.4 Å². The van der Waals surface area contributed by atoms with Gasteiger partial charge in [0.05, 0.1) is 18.7 Å². The van der Waals surface area contributed by atoms with Gasteiger partial charge in [-0.05, 0) is 32.4 Å². The highest BCUT2D eigenvalue weighted by atomic mass is 16.6. The molecule has 4 N–H and O–H groups in total. The molecule has 1 atom stereocenters. The number of rotatable bonds is 5. The summed E-state index contributed by atoms with van der Waals surface area (Å²) in [5.74, 6) is -0.125. The summed E-state index contributed by atoms with van der Waals surface area (Å²) in [6.45, 7) is 7.37. The van der Waals surface area contributed by atoms with E-state index < -0.39 is 17.8 Å². The van der Waals surface area contributed by atoms with E-state index in [1.54, 1.807) is 32.9 Å². The number of para-hydroxylation sites is 1. The van der Waals surface area contributed by atoms with Crippen LogP contribution in [-0.2, 0) is 16.0 Å². The molecule has 1 unspecified atom stereocenters. The Labute approximate surface area is 157 Å². The average Bonchev–Trinajstić information content (AvgIpc) is 2.57. The zero-order valence-electron chi connectivity index (χ0n) is 15.9. The standard InChI is InChI=1S/C19H25N3O5/c1-11(10-26-17(20)24)13-6-5-7-14-15(13)21-8-12(16(14)23)9-22-18(25)27-19(2,3)4/h5-8,11H,9-10H2,1-4H3,(H2,20,24)(H,21,23)(H,22,25). The summed E-state index contributed by atoms with van der Waals surface area (Å²) in [7, 11) is 0. The fourth-order valence-corrected chi connectivity index (χ4v) is 2.58. The van der Waals surface area contributed by atoms with E-state index in [9.17, 15) is 14.7 Å². The number of amides is 2. The molecule has 0 aliphatic rings. The lowest BCUT2D eigenvalue weighted by atomic mass is 9.97. The molecule has 0 aliphatic heterocycles. The number of primary amides is 1. The molecule has 0 bridgehead atoms. The number of pyridine rings is 1. The maximum Gasteiger partial charge on any atom is 0.407 e. The number of alkyl carbamates (subject to hydrolysis) is 1. The first-order chi connectivity index (χ1) is 12.6. The van der Waals surface area contributed by atoms with E-state index in [0.29, 0.717) is 16.5 Å². The summed E-state index contributed by atoms with van der Waals surface area (Å²) in [5, 5.41) is 13.7. The third kappa shape index (κ3) is 5.47. The highest BCUT2D eigenvalue weighted by Crippen LogP contribution is 2.32. The van der Waals surface area contributed by atoms with Gasteiger partial charge in [0.2, 0.25) is 0 Å². The maximum atomic E-state index is 11.8. The van der Waals surface area contributed by atoms with Gasteiger partial charge in [0, 0.05) is 23.1 Å². The summed E-state index contributed by atoms with van der Waals surface area (Å²) >= 11 is 0. The Morgan fingerprint density at radius 2 is 2.04 bits per heavy atom. The second-order valence-electron chi connectivity index (χ2n) is 7.26. The molecule has 0 radical (unpaired) electrons. The predicted octanol–water partition coefficient (Wildman–Crippen LogP) is 3.16. The average molecular weight is 375 g/mol. The highest BCUT2D eigenvalue weighted by molar-refractivity contribution is 5.88. The third-order valence-electron chi connectivity index (χ3n) is 3.80. The van der Waals surface area contributed by atoms with Crippen LogP contribution in [-0.4, -0.2) is 34.5 Å². The summed E-state index contributed by atoms with van der Waals surface area (Å²) < 4.78 is 10.0. The van der Waals surface area contributed by atoms with Gasteiger partial charge in [-0.1, -0.05) is 19.1 Å². The highest BCUT2D eigenvalue weighted by Gasteiger charge is 2.18. The minimum absolute atomic E-state index is 0.0286. The minimum Gasteiger partial charge on any atom is -0.507 e. The van der Waals surface area contributed by atoms with Crippen LogP contribution in [0, 0.1) is 0 Å². The van der Waals surface area contributed by atoms with Gasteiger partial charge in [-0.25, -0.2) is 9.59 Å². The smallest absolute Gasteiger partial charge is 0.407 e. The topological polar surface area (TPSA) is 124 Å². The SMILES string of the molecule is CC(COC(N)=O)c1cccc2c(O)c(CNC(=O)OC(C)(C)C)cnc12. The summed E-state index contributed by atoms with van der Waals surface area (Å²) in [6, 6.07) is 5.37. The van der Waals surface area contributed by atoms with Crippen molar-refractivity contribution in [3.8, 4) is 5.75 Å². The zero-order chi connectivity index (χ0) is 20.2. The molecule has 1 heterocycles. The number of aromatic hydroxyl groups is 1. The largest absolute Gasteiger partial charge is 0.507 e. The lowest BCUT2D eigenvalue weighted by molar-refractivity contribution is 0.0523. The number of benzene rings is 1. The third-order valence-corrected chi connectivity index (χ3v) is 3.80. The Morgan fingerprint density at radius 3 is 2.67 bits per heavy atom. The van der Waals surface area contributed by atoms with Gasteiger partial charge >= 0.3 is 12.2 Å². The molecule has 0 fully saturated rings. The van der Waals surface area contributed by atoms with Gasteiger partial charge in [-0.15, -0.1) is 0 Å². The van der Waals surface area contributed by atoms with Crippen molar-refractivity contribution in [3.63, 3.8) is 0 Å². The van der Waals surface area contributed by atoms with Crippen molar-refractivity contribution in [2.75, 3.05) is 6.61 Å². The van der Waals surface area contributed by atoms with Crippen LogP contribution in [0.3, 0.4) is 0 Å². The molecule has 2 amide bonds. The van der Waals surface area contributed by atoms with E-state index in [0.717, 1.165) is 5.56 Å². The number of carbonyl (C=O) groups is 2. The molecule has 27 heavy (non-hydrogen) atoms. The second-order valence-corrected chi connectivity index (χ2v) is 7.26. The van der Waals surface area contributed by atoms with Crippen molar-refractivity contribution < 1.29 is 24.2 Å². The predicted molar refractivity (Wildman–Crippen MR) is 100 cm³/mol. The molecule has 1 aromatic heterocycles. The second kappa shape index (κ2) is 8.11. The summed E-state index contributed by atoms with van der Waals surface area (Å²) in [6.07, 6.45) is 0.0848. The van der Waals surface area contributed by atoms with Crippen molar-refractivity contribution in [1.82, 2.24) is 10.3 Å². The van der Waals surface area contributed by atoms with Crippen molar-refractivity contribution >= 4 is 23.1 Å². The van der Waals surface area contributed by atoms with Crippen LogP contribution in [0.1, 0.15) is 44.7 Å². The lowest BCUT2D eigenvalue weighted by Crippen LogP contribution is -2.32. The van der Waals surface area contributed by atoms with E-state index in [4.69, 9.17) is 15.2 Å². The van der Waals surface area contributed by atoms with Crippen LogP contribution in [0.5, 0.6) is 5.75 Å². The molecule has 0 saturated carbocycles. The monoisotopic (exact) mass is 375 g/mol. The molecule has 2 aromatic rings. The first kappa shape index (κ1) is 20.3. The Hall–Kier alpha value is -3.03. The van der Waals surface area contributed by atoms with Crippen molar-refractivity contribution in [1.29, 1.82) is 0 Å². The van der Waals surface area contributed by atoms with Crippen LogP contribution in [0.2, 0.25) is 0 Å². The van der Waals surface area contributed by atoms with Crippen LogP contribution in [0.25, 0.3) is 10.9 Å². The number of aromatic nitrogens is 1. The fourth-order valence-electron chi connectivity index (χ4n) is 2.58. The molecule has 0 saturated heterocycles. The first-order valence-corrected chi connectivity index (χ1v) is 8.57. The molecule has 1 aromatic carbocycles. The van der Waals surface area contributed by atoms with Gasteiger partial charge in [-0.3, -0.25) is 4.98 Å². The number of carbonyl (C=O) groups excluding carboxylic acids is 2. The first-order valence-electron chi connectivity index (χ1n) is 8.57. The number of hydrogen-bond donors (Lipinski definition) is 3. The molecule has 2 rings (SSSR count). The van der Waals surface area contributed by atoms with Gasteiger partial charge in [0.15, 0.2) is 0 Å². The zero-order valence-corrected chi connectivity index (χ0v) is 15.9. The normalized spacial score (nSPS) is 12.4. The van der Waals surface area contributed by atoms with Crippen LogP contribution < -0.4 is 11.1 Å². The van der Waals surface area contributed by atoms with Gasteiger partial charge in [-0.2, -0.15) is 0 Å². The van der Waals surface area contributed by atoms with E-state index in [1.807, 2.05) is 13.0 Å². The number of fused-ring (bicyclic) bond motifs is 1.